The first-order valence-corrected chi connectivity index (χ1v) is 9.54. The number of hydrogen-bond acceptors (Lipinski definition) is 6. The molecule has 2 N–H and O–H groups in total. The van der Waals surface area contributed by atoms with Gasteiger partial charge in [-0.05, 0) is 36.1 Å². The van der Waals surface area contributed by atoms with E-state index in [0.29, 0.717) is 13.2 Å². The Morgan fingerprint density at radius 1 is 1.11 bits per heavy atom. The van der Waals surface area contributed by atoms with Gasteiger partial charge >= 0.3 is 0 Å². The molecule has 1 aromatic heterocycles. The van der Waals surface area contributed by atoms with E-state index in [9.17, 15) is 0 Å². The molecule has 3 heterocycles. The molecule has 2 aromatic rings. The minimum Gasteiger partial charge on any atom is -0.459 e. The topological polar surface area (TPSA) is 82.6 Å². The van der Waals surface area contributed by atoms with Gasteiger partial charge in [0.2, 0.25) is 0 Å². The van der Waals surface area contributed by atoms with Gasteiger partial charge in [0.1, 0.15) is 11.9 Å². The Kier molecular flexibility index (Phi) is 4.60. The number of amidine groups is 1. The molecule has 1 aromatic carbocycles. The van der Waals surface area contributed by atoms with Gasteiger partial charge in [-0.2, -0.15) is 0 Å². The average Bonchev–Trinajstić information content (AvgIpc) is 2.68. The lowest BCUT2D eigenvalue weighted by Gasteiger charge is -2.46. The number of rotatable bonds is 3. The van der Waals surface area contributed by atoms with Crippen LogP contribution in [0.15, 0.2) is 41.9 Å². The highest BCUT2D eigenvalue weighted by Crippen LogP contribution is 2.45. The zero-order valence-corrected chi connectivity index (χ0v) is 15.9. The van der Waals surface area contributed by atoms with E-state index in [1.807, 2.05) is 12.4 Å². The van der Waals surface area contributed by atoms with Crippen molar-refractivity contribution in [3.8, 4) is 11.1 Å². The van der Waals surface area contributed by atoms with E-state index in [0.717, 1.165) is 36.8 Å². The van der Waals surface area contributed by atoms with Gasteiger partial charge in [0.25, 0.3) is 6.02 Å². The lowest BCUT2D eigenvalue weighted by Crippen LogP contribution is -2.51. The van der Waals surface area contributed by atoms with E-state index in [1.165, 1.54) is 11.1 Å². The second-order valence-corrected chi connectivity index (χ2v) is 7.65. The number of hydrogen-bond donors (Lipinski definition) is 1. The Morgan fingerprint density at radius 2 is 1.85 bits per heavy atom. The molecule has 27 heavy (non-hydrogen) atoms. The minimum atomic E-state index is -0.434. The molecule has 2 aliphatic rings. The van der Waals surface area contributed by atoms with Crippen LogP contribution >= 0.6 is 0 Å². The largest absolute Gasteiger partial charge is 0.459 e. The Bertz CT molecular complexity index is 847. The van der Waals surface area contributed by atoms with Crippen molar-refractivity contribution in [2.24, 2.45) is 10.7 Å². The van der Waals surface area contributed by atoms with Gasteiger partial charge in [-0.3, -0.25) is 0 Å². The van der Waals surface area contributed by atoms with E-state index < -0.39 is 5.54 Å². The molecule has 1 atom stereocenters. The van der Waals surface area contributed by atoms with Crippen molar-refractivity contribution in [2.45, 2.75) is 50.7 Å². The van der Waals surface area contributed by atoms with Gasteiger partial charge in [0.15, 0.2) is 0 Å². The van der Waals surface area contributed by atoms with Crippen molar-refractivity contribution in [1.29, 1.82) is 0 Å². The fourth-order valence-corrected chi connectivity index (χ4v) is 4.38. The zero-order valence-electron chi connectivity index (χ0n) is 15.9. The number of aromatic nitrogens is 2. The molecule has 0 aliphatic carbocycles. The Labute approximate surface area is 159 Å². The highest BCUT2D eigenvalue weighted by molar-refractivity contribution is 5.74. The standard InChI is InChI=1S/C21H26N4O2/c1-3-15-4-5-16(17-11-23-14-24-12-17)10-18(15)20(2)13-21(27-19(22)25-20)6-8-26-9-7-21/h4-5,10-12,14H,3,6-9,13H2,1-2H3,(H2,22,25). The van der Waals surface area contributed by atoms with E-state index in [4.69, 9.17) is 20.2 Å². The second-order valence-electron chi connectivity index (χ2n) is 7.65. The zero-order chi connectivity index (χ0) is 18.9. The maximum atomic E-state index is 6.16. The molecule has 1 spiro atoms. The normalized spacial score (nSPS) is 24.3. The number of aliphatic imine (C=N–C) groups is 1. The second kappa shape index (κ2) is 6.93. The predicted octanol–water partition coefficient (Wildman–Crippen LogP) is 3.21. The van der Waals surface area contributed by atoms with E-state index in [2.05, 4.69) is 42.0 Å². The van der Waals surface area contributed by atoms with Crippen LogP contribution in [0.1, 0.15) is 44.2 Å². The molecule has 4 rings (SSSR count). The fraction of sp³-hybridized carbons (Fsp3) is 0.476. The molecular formula is C21H26N4O2. The molecule has 1 fully saturated rings. The van der Waals surface area contributed by atoms with Gasteiger partial charge in [0, 0.05) is 37.2 Å². The molecular weight excluding hydrogens is 340 g/mol. The maximum absolute atomic E-state index is 6.16. The molecule has 0 saturated carbocycles. The molecule has 0 amide bonds. The monoisotopic (exact) mass is 366 g/mol. The fourth-order valence-electron chi connectivity index (χ4n) is 4.38. The Morgan fingerprint density at radius 3 is 2.56 bits per heavy atom. The highest BCUT2D eigenvalue weighted by atomic mass is 16.5. The molecule has 2 aliphatic heterocycles. The lowest BCUT2D eigenvalue weighted by molar-refractivity contribution is -0.0794. The van der Waals surface area contributed by atoms with Crippen molar-refractivity contribution in [2.75, 3.05) is 13.2 Å². The Hall–Kier alpha value is -2.47. The first-order chi connectivity index (χ1) is 13.0. The smallest absolute Gasteiger partial charge is 0.283 e. The van der Waals surface area contributed by atoms with Crippen LogP contribution in [0.5, 0.6) is 0 Å². The van der Waals surface area contributed by atoms with Crippen LogP contribution in [0.3, 0.4) is 0 Å². The highest BCUT2D eigenvalue weighted by Gasteiger charge is 2.47. The molecule has 6 nitrogen and oxygen atoms in total. The van der Waals surface area contributed by atoms with E-state index >= 15 is 0 Å². The molecule has 1 saturated heterocycles. The van der Waals surface area contributed by atoms with Crippen LogP contribution in [0.25, 0.3) is 11.1 Å². The van der Waals surface area contributed by atoms with Gasteiger partial charge in [-0.1, -0.05) is 19.1 Å². The summed E-state index contributed by atoms with van der Waals surface area (Å²) in [6.07, 6.45) is 8.63. The minimum absolute atomic E-state index is 0.279. The summed E-state index contributed by atoms with van der Waals surface area (Å²) in [5, 5.41) is 0. The summed E-state index contributed by atoms with van der Waals surface area (Å²) >= 11 is 0. The SMILES string of the molecule is CCc1ccc(-c2cncnc2)cc1C1(C)CC2(CCOCC2)OC(N)=N1. The summed E-state index contributed by atoms with van der Waals surface area (Å²) in [6, 6.07) is 6.80. The third-order valence-electron chi connectivity index (χ3n) is 5.71. The van der Waals surface area contributed by atoms with E-state index in [-0.39, 0.29) is 11.6 Å². The van der Waals surface area contributed by atoms with Gasteiger partial charge in [-0.15, -0.1) is 0 Å². The molecule has 0 bridgehead atoms. The van der Waals surface area contributed by atoms with Gasteiger partial charge in [0.05, 0.1) is 18.8 Å². The quantitative estimate of drug-likeness (QED) is 0.902. The third-order valence-corrected chi connectivity index (χ3v) is 5.71. The van der Waals surface area contributed by atoms with Crippen LogP contribution in [0, 0.1) is 0 Å². The van der Waals surface area contributed by atoms with Crippen molar-refractivity contribution in [1.82, 2.24) is 9.97 Å². The first-order valence-electron chi connectivity index (χ1n) is 9.54. The van der Waals surface area contributed by atoms with Gasteiger partial charge < -0.3 is 15.2 Å². The number of nitrogens with two attached hydrogens (primary N) is 1. The third kappa shape index (κ3) is 3.41. The summed E-state index contributed by atoms with van der Waals surface area (Å²) in [5.41, 5.74) is 9.99. The average molecular weight is 366 g/mol. The summed E-state index contributed by atoms with van der Waals surface area (Å²) in [4.78, 5) is 13.1. The molecule has 142 valence electrons. The van der Waals surface area contributed by atoms with Crippen LogP contribution in [0.4, 0.5) is 0 Å². The Balaban J connectivity index is 1.79. The van der Waals surface area contributed by atoms with Crippen molar-refractivity contribution < 1.29 is 9.47 Å². The molecule has 6 heteroatoms. The summed E-state index contributed by atoms with van der Waals surface area (Å²) in [6.45, 7) is 5.74. The van der Waals surface area contributed by atoms with Crippen molar-refractivity contribution >= 4 is 6.02 Å². The van der Waals surface area contributed by atoms with Crippen molar-refractivity contribution in [3.05, 3.63) is 48.0 Å². The van der Waals surface area contributed by atoms with E-state index in [1.54, 1.807) is 6.33 Å². The summed E-state index contributed by atoms with van der Waals surface area (Å²) < 4.78 is 11.6. The van der Waals surface area contributed by atoms with Crippen LogP contribution in [-0.4, -0.2) is 34.8 Å². The maximum Gasteiger partial charge on any atom is 0.283 e. The van der Waals surface area contributed by atoms with Crippen LogP contribution < -0.4 is 5.73 Å². The van der Waals surface area contributed by atoms with Crippen molar-refractivity contribution in [3.63, 3.8) is 0 Å². The number of benzene rings is 1. The lowest BCUT2D eigenvalue weighted by atomic mass is 9.74. The number of aryl methyl sites for hydroxylation is 1. The molecule has 1 unspecified atom stereocenters. The summed E-state index contributed by atoms with van der Waals surface area (Å²) in [7, 11) is 0. The predicted molar refractivity (Wildman–Crippen MR) is 104 cm³/mol. The first kappa shape index (κ1) is 17.9. The van der Waals surface area contributed by atoms with Crippen LogP contribution in [0.2, 0.25) is 0 Å². The summed E-state index contributed by atoms with van der Waals surface area (Å²) in [5.74, 6) is 0. The number of ether oxygens (including phenoxy) is 2. The molecule has 0 radical (unpaired) electrons. The van der Waals surface area contributed by atoms with Crippen LogP contribution in [-0.2, 0) is 21.4 Å². The number of nitrogens with zero attached hydrogens (tertiary/aromatic N) is 3. The van der Waals surface area contributed by atoms with Gasteiger partial charge in [-0.25, -0.2) is 15.0 Å².